The molecule has 0 saturated heterocycles. The Balaban J connectivity index is 1.13. The minimum Gasteiger partial charge on any atom is -0.309 e. The molecular formula is C57H35N5. The predicted molar refractivity (Wildman–Crippen MR) is 257 cm³/mol. The van der Waals surface area contributed by atoms with E-state index in [1.807, 2.05) is 36.4 Å². The van der Waals surface area contributed by atoms with E-state index in [9.17, 15) is 0 Å². The van der Waals surface area contributed by atoms with Gasteiger partial charge >= 0.3 is 0 Å². The van der Waals surface area contributed by atoms with Crippen LogP contribution in [0.3, 0.4) is 0 Å². The van der Waals surface area contributed by atoms with Gasteiger partial charge in [-0.15, -0.1) is 0 Å². The van der Waals surface area contributed by atoms with Gasteiger partial charge in [0.2, 0.25) is 0 Å². The van der Waals surface area contributed by atoms with Crippen molar-refractivity contribution in [2.45, 2.75) is 0 Å². The highest BCUT2D eigenvalue weighted by molar-refractivity contribution is 6.22. The lowest BCUT2D eigenvalue weighted by Crippen LogP contribution is -2.04. The van der Waals surface area contributed by atoms with Crippen LogP contribution in [0, 0.1) is 0 Å². The number of hydrogen-bond acceptors (Lipinski definition) is 3. The molecule has 3 heterocycles. The molecule has 0 saturated carbocycles. The summed E-state index contributed by atoms with van der Waals surface area (Å²) in [7, 11) is 0. The van der Waals surface area contributed by atoms with Crippen LogP contribution >= 0.6 is 0 Å². The normalized spacial score (nSPS) is 11.9. The van der Waals surface area contributed by atoms with E-state index in [1.165, 1.54) is 54.1 Å². The zero-order chi connectivity index (χ0) is 40.7. The molecule has 62 heavy (non-hydrogen) atoms. The summed E-state index contributed by atoms with van der Waals surface area (Å²) in [4.78, 5) is 15.6. The maximum atomic E-state index is 5.28. The van der Waals surface area contributed by atoms with Gasteiger partial charge < -0.3 is 9.13 Å². The highest BCUT2D eigenvalue weighted by atomic mass is 15.1. The van der Waals surface area contributed by atoms with E-state index in [4.69, 9.17) is 15.0 Å². The molecule has 0 atom stereocenters. The number of nitrogens with zero attached hydrogens (tertiary/aromatic N) is 5. The Bertz CT molecular complexity index is 3860. The van der Waals surface area contributed by atoms with Gasteiger partial charge in [-0.05, 0) is 75.5 Å². The quantitative estimate of drug-likeness (QED) is 0.174. The van der Waals surface area contributed by atoms with Gasteiger partial charge in [0.1, 0.15) is 0 Å². The molecule has 0 fully saturated rings. The first kappa shape index (κ1) is 34.5. The second-order valence-corrected chi connectivity index (χ2v) is 16.0. The lowest BCUT2D eigenvalue weighted by molar-refractivity contribution is 1.07. The van der Waals surface area contributed by atoms with E-state index in [1.54, 1.807) is 0 Å². The molecule has 3 aromatic heterocycles. The number of aromatic nitrogens is 5. The second-order valence-electron chi connectivity index (χ2n) is 16.0. The van der Waals surface area contributed by atoms with Crippen molar-refractivity contribution in [3.63, 3.8) is 0 Å². The third kappa shape index (κ3) is 5.25. The average molecular weight is 790 g/mol. The van der Waals surface area contributed by atoms with Crippen LogP contribution < -0.4 is 0 Å². The largest absolute Gasteiger partial charge is 0.309 e. The number of hydrogen-bond donors (Lipinski definition) is 0. The molecule has 5 nitrogen and oxygen atoms in total. The van der Waals surface area contributed by atoms with E-state index >= 15 is 0 Å². The minimum absolute atomic E-state index is 0.614. The van der Waals surface area contributed by atoms with Gasteiger partial charge in [0.15, 0.2) is 17.5 Å². The van der Waals surface area contributed by atoms with Crippen LogP contribution in [0.15, 0.2) is 212 Å². The highest BCUT2D eigenvalue weighted by Crippen LogP contribution is 2.43. The van der Waals surface area contributed by atoms with Crippen LogP contribution in [0.5, 0.6) is 0 Å². The Morgan fingerprint density at radius 3 is 1.53 bits per heavy atom. The smallest absolute Gasteiger partial charge is 0.166 e. The molecule has 0 aliphatic rings. The maximum absolute atomic E-state index is 5.28. The first-order valence-corrected chi connectivity index (χ1v) is 21.0. The fourth-order valence-electron chi connectivity index (χ4n) is 9.70. The molecule has 0 spiro atoms. The van der Waals surface area contributed by atoms with E-state index in [2.05, 4.69) is 185 Å². The van der Waals surface area contributed by atoms with Gasteiger partial charge in [0.25, 0.3) is 0 Å². The molecule has 0 unspecified atom stereocenters. The molecule has 0 radical (unpaired) electrons. The molecule has 10 aromatic carbocycles. The Morgan fingerprint density at radius 2 is 0.806 bits per heavy atom. The van der Waals surface area contributed by atoms with Crippen molar-refractivity contribution < 1.29 is 0 Å². The van der Waals surface area contributed by atoms with Crippen molar-refractivity contribution in [1.82, 2.24) is 24.1 Å². The molecule has 5 heteroatoms. The number of rotatable bonds is 5. The van der Waals surface area contributed by atoms with Crippen molar-refractivity contribution in [2.75, 3.05) is 0 Å². The zero-order valence-electron chi connectivity index (χ0n) is 33.4. The zero-order valence-corrected chi connectivity index (χ0v) is 33.4. The Morgan fingerprint density at radius 1 is 0.290 bits per heavy atom. The lowest BCUT2D eigenvalue weighted by atomic mass is 10.0. The summed E-state index contributed by atoms with van der Waals surface area (Å²) >= 11 is 0. The Kier molecular flexibility index (Phi) is 7.54. The van der Waals surface area contributed by atoms with E-state index in [0.29, 0.717) is 17.5 Å². The first-order chi connectivity index (χ1) is 30.7. The topological polar surface area (TPSA) is 48.5 Å². The summed E-state index contributed by atoms with van der Waals surface area (Å²) in [6.07, 6.45) is 0. The van der Waals surface area contributed by atoms with Crippen LogP contribution in [-0.2, 0) is 0 Å². The van der Waals surface area contributed by atoms with E-state index < -0.39 is 0 Å². The van der Waals surface area contributed by atoms with Crippen LogP contribution in [0.4, 0.5) is 0 Å². The van der Waals surface area contributed by atoms with Crippen LogP contribution in [0.2, 0.25) is 0 Å². The molecular weight excluding hydrogens is 755 g/mol. The fourth-order valence-corrected chi connectivity index (χ4v) is 9.70. The molecule has 0 bridgehead atoms. The summed E-state index contributed by atoms with van der Waals surface area (Å²) in [6.45, 7) is 0. The SMILES string of the molecule is c1ccc(-c2nc(-c3ccccc3)nc(-c3ccc4ccccc4c3-n3c4ccc(-n5c6ccccc6c6c7ccccc7ccc65)cc4c4cc5ccccc5cc43)n2)cc1. The molecule has 0 aliphatic heterocycles. The molecule has 0 N–H and O–H groups in total. The van der Waals surface area contributed by atoms with E-state index in [0.717, 1.165) is 49.9 Å². The van der Waals surface area contributed by atoms with Crippen LogP contribution in [-0.4, -0.2) is 24.1 Å². The lowest BCUT2D eigenvalue weighted by Gasteiger charge is -2.17. The van der Waals surface area contributed by atoms with Crippen LogP contribution in [0.1, 0.15) is 0 Å². The van der Waals surface area contributed by atoms with Gasteiger partial charge in [-0.2, -0.15) is 0 Å². The average Bonchev–Trinajstić information content (AvgIpc) is 3.85. The van der Waals surface area contributed by atoms with Crippen molar-refractivity contribution in [3.8, 4) is 45.5 Å². The Hall–Kier alpha value is -8.41. The molecule has 13 aromatic rings. The monoisotopic (exact) mass is 789 g/mol. The minimum atomic E-state index is 0.614. The van der Waals surface area contributed by atoms with E-state index in [-0.39, 0.29) is 0 Å². The van der Waals surface area contributed by atoms with Gasteiger partial charge in [-0.1, -0.05) is 164 Å². The second kappa shape index (κ2) is 13.6. The number of benzene rings is 10. The molecule has 0 aliphatic carbocycles. The fraction of sp³-hybridized carbons (Fsp3) is 0. The maximum Gasteiger partial charge on any atom is 0.166 e. The van der Waals surface area contributed by atoms with Crippen molar-refractivity contribution in [1.29, 1.82) is 0 Å². The summed E-state index contributed by atoms with van der Waals surface area (Å²) in [5.41, 5.74) is 9.52. The van der Waals surface area contributed by atoms with Crippen LogP contribution in [0.25, 0.3) is 121 Å². The summed E-state index contributed by atoms with van der Waals surface area (Å²) < 4.78 is 4.89. The predicted octanol–water partition coefficient (Wildman–Crippen LogP) is 14.5. The van der Waals surface area contributed by atoms with Crippen molar-refractivity contribution in [3.05, 3.63) is 212 Å². The number of fused-ring (bicyclic) bond motifs is 10. The van der Waals surface area contributed by atoms with Gasteiger partial charge in [-0.25, -0.2) is 15.0 Å². The summed E-state index contributed by atoms with van der Waals surface area (Å²) in [6, 6.07) is 75.8. The van der Waals surface area contributed by atoms with Gasteiger partial charge in [0.05, 0.1) is 27.8 Å². The molecule has 13 rings (SSSR count). The number of para-hydroxylation sites is 1. The van der Waals surface area contributed by atoms with Gasteiger partial charge in [0, 0.05) is 49.3 Å². The molecule has 0 amide bonds. The van der Waals surface area contributed by atoms with Crippen molar-refractivity contribution in [2.24, 2.45) is 0 Å². The highest BCUT2D eigenvalue weighted by Gasteiger charge is 2.23. The Labute approximate surface area is 356 Å². The molecule has 288 valence electrons. The van der Waals surface area contributed by atoms with Crippen molar-refractivity contribution >= 4 is 75.9 Å². The first-order valence-electron chi connectivity index (χ1n) is 21.0. The third-order valence-corrected chi connectivity index (χ3v) is 12.5. The summed E-state index contributed by atoms with van der Waals surface area (Å²) in [5.74, 6) is 1.87. The summed E-state index contributed by atoms with van der Waals surface area (Å²) in [5, 5.41) is 12.0. The third-order valence-electron chi connectivity index (χ3n) is 12.5. The standard InChI is InChI=1S/C57H35N5/c1-3-17-38(18-4-1)55-58-56(39-19-5-2-6-20-39)60-57(59-55)46-30-27-37-16-10-12-24-44(37)54(46)62-50-32-29-42(35-48(50)47-33-40-21-7-8-22-41(40)34-52(47)62)61-49-26-14-13-25-45(49)53-43-23-11-9-15-36(43)28-31-51(53)61/h1-35H. The van der Waals surface area contributed by atoms with Gasteiger partial charge in [-0.3, -0.25) is 0 Å².